The summed E-state index contributed by atoms with van der Waals surface area (Å²) >= 11 is 4.27. The first-order valence-electron chi connectivity index (χ1n) is 7.11. The molecule has 1 aromatic heterocycles. The van der Waals surface area contributed by atoms with Gasteiger partial charge >= 0.3 is 0 Å². The number of rotatable bonds is 5. The van der Waals surface area contributed by atoms with E-state index in [1.165, 1.54) is 11.4 Å². The fourth-order valence-electron chi connectivity index (χ4n) is 2.36. The zero-order chi connectivity index (χ0) is 13.7. The van der Waals surface area contributed by atoms with Crippen LogP contribution in [0.25, 0.3) is 0 Å². The van der Waals surface area contributed by atoms with Crippen molar-refractivity contribution >= 4 is 23.5 Å². The van der Waals surface area contributed by atoms with Crippen molar-refractivity contribution in [1.29, 1.82) is 0 Å². The first-order valence-corrected chi connectivity index (χ1v) is 9.10. The van der Waals surface area contributed by atoms with Crippen molar-refractivity contribution in [3.8, 4) is 0 Å². The van der Waals surface area contributed by atoms with E-state index in [0.29, 0.717) is 11.3 Å². The predicted molar refractivity (Wildman–Crippen MR) is 88.2 cm³/mol. The van der Waals surface area contributed by atoms with E-state index in [-0.39, 0.29) is 0 Å². The van der Waals surface area contributed by atoms with E-state index < -0.39 is 0 Å². The van der Waals surface area contributed by atoms with Crippen molar-refractivity contribution in [1.82, 2.24) is 10.3 Å². The molecule has 19 heavy (non-hydrogen) atoms. The Bertz CT molecular complexity index is 372. The normalized spacial score (nSPS) is 29.1. The molecule has 4 heteroatoms. The molecule has 0 aromatic carbocycles. The van der Waals surface area contributed by atoms with Gasteiger partial charge in [-0.1, -0.05) is 26.8 Å². The lowest BCUT2D eigenvalue weighted by molar-refractivity contribution is 0.515. The number of nitrogens with one attached hydrogen (secondary N) is 1. The van der Waals surface area contributed by atoms with Gasteiger partial charge in [-0.05, 0) is 18.7 Å². The third-order valence-corrected chi connectivity index (χ3v) is 7.20. The van der Waals surface area contributed by atoms with Crippen LogP contribution in [-0.4, -0.2) is 39.1 Å². The SMILES string of the molecule is CCNC(Cc1ccccn1)C1CSC(C)C(C)S1. The topological polar surface area (TPSA) is 24.9 Å². The van der Waals surface area contributed by atoms with Gasteiger partial charge in [-0.3, -0.25) is 4.98 Å². The van der Waals surface area contributed by atoms with Crippen molar-refractivity contribution in [3.63, 3.8) is 0 Å². The van der Waals surface area contributed by atoms with Gasteiger partial charge in [-0.25, -0.2) is 0 Å². The Morgan fingerprint density at radius 2 is 2.21 bits per heavy atom. The molecule has 1 aromatic rings. The quantitative estimate of drug-likeness (QED) is 0.902. The summed E-state index contributed by atoms with van der Waals surface area (Å²) in [5.74, 6) is 1.25. The van der Waals surface area contributed by atoms with E-state index >= 15 is 0 Å². The van der Waals surface area contributed by atoms with Crippen LogP contribution in [0.4, 0.5) is 0 Å². The summed E-state index contributed by atoms with van der Waals surface area (Å²) in [7, 11) is 0. The van der Waals surface area contributed by atoms with Crippen molar-refractivity contribution in [2.24, 2.45) is 0 Å². The van der Waals surface area contributed by atoms with Gasteiger partial charge in [0.05, 0.1) is 0 Å². The van der Waals surface area contributed by atoms with Gasteiger partial charge in [0.25, 0.3) is 0 Å². The van der Waals surface area contributed by atoms with Crippen LogP contribution in [0.15, 0.2) is 24.4 Å². The molecule has 0 bridgehead atoms. The Morgan fingerprint density at radius 3 is 2.84 bits per heavy atom. The van der Waals surface area contributed by atoms with Crippen LogP contribution in [0.5, 0.6) is 0 Å². The summed E-state index contributed by atoms with van der Waals surface area (Å²) in [6, 6.07) is 6.74. The molecule has 2 rings (SSSR count). The highest BCUT2D eigenvalue weighted by Gasteiger charge is 2.31. The number of hydrogen-bond acceptors (Lipinski definition) is 4. The van der Waals surface area contributed by atoms with E-state index in [1.54, 1.807) is 0 Å². The number of aromatic nitrogens is 1. The molecule has 2 nitrogen and oxygen atoms in total. The Balaban J connectivity index is 1.99. The molecule has 1 aliphatic heterocycles. The summed E-state index contributed by atoms with van der Waals surface area (Å²) in [4.78, 5) is 4.47. The first kappa shape index (κ1) is 15.2. The van der Waals surface area contributed by atoms with Crippen LogP contribution in [0, 0.1) is 0 Å². The monoisotopic (exact) mass is 296 g/mol. The van der Waals surface area contributed by atoms with E-state index in [0.717, 1.165) is 23.5 Å². The molecule has 0 amide bonds. The van der Waals surface area contributed by atoms with Crippen molar-refractivity contribution in [3.05, 3.63) is 30.1 Å². The predicted octanol–water partition coefficient (Wildman–Crippen LogP) is 3.23. The van der Waals surface area contributed by atoms with Crippen LogP contribution < -0.4 is 5.32 Å². The maximum absolute atomic E-state index is 4.47. The van der Waals surface area contributed by atoms with Crippen molar-refractivity contribution in [2.45, 2.75) is 49.0 Å². The minimum Gasteiger partial charge on any atom is -0.313 e. The summed E-state index contributed by atoms with van der Waals surface area (Å²) in [6.45, 7) is 7.93. The number of pyridine rings is 1. The minimum atomic E-state index is 0.535. The van der Waals surface area contributed by atoms with Crippen LogP contribution in [0.3, 0.4) is 0 Å². The largest absolute Gasteiger partial charge is 0.313 e. The molecule has 1 N–H and O–H groups in total. The summed E-state index contributed by atoms with van der Waals surface area (Å²) in [5.41, 5.74) is 1.20. The zero-order valence-corrected chi connectivity index (χ0v) is 13.6. The Labute approximate surface area is 125 Å². The lowest BCUT2D eigenvalue weighted by atomic mass is 10.1. The first-order chi connectivity index (χ1) is 9.20. The van der Waals surface area contributed by atoms with Gasteiger partial charge in [0, 0.05) is 45.9 Å². The molecular formula is C15H24N2S2. The second-order valence-electron chi connectivity index (χ2n) is 5.11. The van der Waals surface area contributed by atoms with E-state index in [1.807, 2.05) is 12.3 Å². The molecule has 0 spiro atoms. The molecule has 1 saturated heterocycles. The van der Waals surface area contributed by atoms with Crippen molar-refractivity contribution < 1.29 is 0 Å². The maximum atomic E-state index is 4.47. The molecule has 2 heterocycles. The zero-order valence-electron chi connectivity index (χ0n) is 12.0. The summed E-state index contributed by atoms with van der Waals surface area (Å²) < 4.78 is 0. The number of nitrogens with zero attached hydrogens (tertiary/aromatic N) is 1. The van der Waals surface area contributed by atoms with Crippen LogP contribution >= 0.6 is 23.5 Å². The number of thioether (sulfide) groups is 2. The second-order valence-corrected chi connectivity index (χ2v) is 8.14. The van der Waals surface area contributed by atoms with Crippen molar-refractivity contribution in [2.75, 3.05) is 12.3 Å². The maximum Gasteiger partial charge on any atom is 0.0419 e. The highest BCUT2D eigenvalue weighted by molar-refractivity contribution is 8.07. The highest BCUT2D eigenvalue weighted by atomic mass is 32.2. The fourth-order valence-corrected chi connectivity index (χ4v) is 5.49. The average Bonchev–Trinajstić information content (AvgIpc) is 2.43. The Hall–Kier alpha value is -0.190. The minimum absolute atomic E-state index is 0.535. The molecule has 0 saturated carbocycles. The summed E-state index contributed by atoms with van der Waals surface area (Å²) in [6.07, 6.45) is 2.93. The Kier molecular flexibility index (Phi) is 6.05. The highest BCUT2D eigenvalue weighted by Crippen LogP contribution is 2.37. The van der Waals surface area contributed by atoms with E-state index in [9.17, 15) is 0 Å². The fraction of sp³-hybridized carbons (Fsp3) is 0.667. The molecular weight excluding hydrogens is 272 g/mol. The molecule has 0 aliphatic carbocycles. The van der Waals surface area contributed by atoms with Gasteiger partial charge < -0.3 is 5.32 Å². The van der Waals surface area contributed by atoms with Crippen LogP contribution in [0.2, 0.25) is 0 Å². The lowest BCUT2D eigenvalue weighted by Crippen LogP contribution is -2.44. The summed E-state index contributed by atoms with van der Waals surface area (Å²) in [5, 5.41) is 5.88. The van der Waals surface area contributed by atoms with Gasteiger partial charge in [0.2, 0.25) is 0 Å². The van der Waals surface area contributed by atoms with Crippen LogP contribution in [-0.2, 0) is 6.42 Å². The third kappa shape index (κ3) is 4.40. The Morgan fingerprint density at radius 1 is 1.37 bits per heavy atom. The molecule has 4 unspecified atom stereocenters. The molecule has 4 atom stereocenters. The van der Waals surface area contributed by atoms with Crippen LogP contribution in [0.1, 0.15) is 26.5 Å². The van der Waals surface area contributed by atoms with E-state index in [2.05, 4.69) is 66.7 Å². The van der Waals surface area contributed by atoms with Gasteiger partial charge in [-0.2, -0.15) is 23.5 Å². The average molecular weight is 297 g/mol. The lowest BCUT2D eigenvalue weighted by Gasteiger charge is -2.36. The standard InChI is InChI=1S/C15H24N2S2/c1-4-16-14(9-13-7-5-6-8-17-13)15-10-18-11(2)12(3)19-15/h5-8,11-12,14-16H,4,9-10H2,1-3H3. The van der Waals surface area contributed by atoms with Gasteiger partial charge in [0.1, 0.15) is 0 Å². The number of likely N-dealkylation sites (N-methyl/N-ethyl adjacent to an activating group) is 1. The molecule has 106 valence electrons. The smallest absolute Gasteiger partial charge is 0.0419 e. The molecule has 1 fully saturated rings. The van der Waals surface area contributed by atoms with Gasteiger partial charge in [-0.15, -0.1) is 0 Å². The van der Waals surface area contributed by atoms with Gasteiger partial charge in [0.15, 0.2) is 0 Å². The molecule has 1 aliphatic rings. The number of hydrogen-bond donors (Lipinski definition) is 1. The molecule has 0 radical (unpaired) electrons. The second kappa shape index (κ2) is 7.55. The van der Waals surface area contributed by atoms with E-state index in [4.69, 9.17) is 0 Å². The third-order valence-electron chi connectivity index (χ3n) is 3.64.